The number of amides is 1. The van der Waals surface area contributed by atoms with Gasteiger partial charge in [-0.05, 0) is 25.2 Å². The first-order valence-corrected chi connectivity index (χ1v) is 7.67. The Hall–Kier alpha value is -1.10. The molecule has 1 saturated heterocycles. The standard InChI is InChI=1S/C15H25NO4/c1-3-7-16(13-9-20-8-12(13)15(18)19)14(17)11-6-4-5-10(11)2/h10-13H,3-9H2,1-2H3,(H,18,19). The minimum Gasteiger partial charge on any atom is -0.481 e. The third kappa shape index (κ3) is 2.97. The Morgan fingerprint density at radius 1 is 1.25 bits per heavy atom. The fraction of sp³-hybridized carbons (Fsp3) is 0.867. The molecule has 1 amide bonds. The second kappa shape index (κ2) is 6.57. The highest BCUT2D eigenvalue weighted by Crippen LogP contribution is 2.34. The van der Waals surface area contributed by atoms with Gasteiger partial charge in [-0.1, -0.05) is 20.3 Å². The normalized spacial score (nSPS) is 33.3. The highest BCUT2D eigenvalue weighted by Gasteiger charge is 2.42. The summed E-state index contributed by atoms with van der Waals surface area (Å²) in [6.45, 7) is 5.33. The number of hydrogen-bond acceptors (Lipinski definition) is 3. The minimum absolute atomic E-state index is 0.0663. The number of carboxylic acids is 1. The van der Waals surface area contributed by atoms with Crippen LogP contribution in [-0.2, 0) is 14.3 Å². The lowest BCUT2D eigenvalue weighted by Gasteiger charge is -2.33. The van der Waals surface area contributed by atoms with Gasteiger partial charge in [-0.15, -0.1) is 0 Å². The summed E-state index contributed by atoms with van der Waals surface area (Å²) in [5.74, 6) is -0.828. The molecule has 1 heterocycles. The van der Waals surface area contributed by atoms with Gasteiger partial charge < -0.3 is 14.7 Å². The van der Waals surface area contributed by atoms with Gasteiger partial charge in [0.25, 0.3) is 0 Å². The highest BCUT2D eigenvalue weighted by atomic mass is 16.5. The quantitative estimate of drug-likeness (QED) is 0.835. The first-order chi connectivity index (χ1) is 9.56. The molecule has 0 bridgehead atoms. The van der Waals surface area contributed by atoms with E-state index in [2.05, 4.69) is 6.92 Å². The van der Waals surface area contributed by atoms with Gasteiger partial charge in [0.05, 0.1) is 19.3 Å². The fourth-order valence-corrected chi connectivity index (χ4v) is 3.49. The number of nitrogens with zero attached hydrogens (tertiary/aromatic N) is 1. The van der Waals surface area contributed by atoms with E-state index < -0.39 is 11.9 Å². The maximum atomic E-state index is 12.8. The molecule has 0 spiro atoms. The summed E-state index contributed by atoms with van der Waals surface area (Å²) in [5, 5.41) is 9.28. The summed E-state index contributed by atoms with van der Waals surface area (Å²) in [6.07, 6.45) is 3.97. The smallest absolute Gasteiger partial charge is 0.311 e. The molecule has 1 aliphatic carbocycles. The van der Waals surface area contributed by atoms with Crippen molar-refractivity contribution in [2.75, 3.05) is 19.8 Å². The van der Waals surface area contributed by atoms with Crippen molar-refractivity contribution in [2.45, 2.75) is 45.6 Å². The van der Waals surface area contributed by atoms with Crippen molar-refractivity contribution in [1.82, 2.24) is 4.90 Å². The van der Waals surface area contributed by atoms with Crippen LogP contribution in [0.25, 0.3) is 0 Å². The first-order valence-electron chi connectivity index (χ1n) is 7.67. The summed E-state index contributed by atoms with van der Waals surface area (Å²) in [4.78, 5) is 25.9. The molecule has 0 aromatic rings. The Morgan fingerprint density at radius 3 is 2.55 bits per heavy atom. The molecule has 2 fully saturated rings. The SMILES string of the molecule is CCCN(C(=O)C1CCCC1C)C1COCC1C(=O)O. The molecule has 5 nitrogen and oxygen atoms in total. The van der Waals surface area contributed by atoms with Crippen molar-refractivity contribution in [3.8, 4) is 0 Å². The number of rotatable bonds is 5. The third-order valence-corrected chi connectivity index (χ3v) is 4.69. The van der Waals surface area contributed by atoms with E-state index in [1.165, 1.54) is 0 Å². The molecular formula is C15H25NO4. The van der Waals surface area contributed by atoms with Crippen molar-refractivity contribution >= 4 is 11.9 Å². The van der Waals surface area contributed by atoms with E-state index in [1.807, 2.05) is 6.92 Å². The van der Waals surface area contributed by atoms with Gasteiger partial charge in [-0.3, -0.25) is 9.59 Å². The van der Waals surface area contributed by atoms with E-state index in [0.717, 1.165) is 25.7 Å². The Bertz CT molecular complexity index is 371. The zero-order chi connectivity index (χ0) is 14.7. The van der Waals surface area contributed by atoms with Crippen LogP contribution in [0, 0.1) is 17.8 Å². The molecule has 1 N–H and O–H groups in total. The minimum atomic E-state index is -0.860. The van der Waals surface area contributed by atoms with Crippen molar-refractivity contribution in [3.05, 3.63) is 0 Å². The van der Waals surface area contributed by atoms with Gasteiger partial charge in [0.1, 0.15) is 5.92 Å². The third-order valence-electron chi connectivity index (χ3n) is 4.69. The van der Waals surface area contributed by atoms with Crippen LogP contribution in [0.4, 0.5) is 0 Å². The number of carbonyl (C=O) groups excluding carboxylic acids is 1. The monoisotopic (exact) mass is 283 g/mol. The second-order valence-corrected chi connectivity index (χ2v) is 6.10. The molecule has 2 aliphatic rings. The summed E-state index contributed by atoms with van der Waals surface area (Å²) < 4.78 is 5.32. The molecule has 1 saturated carbocycles. The number of carbonyl (C=O) groups is 2. The second-order valence-electron chi connectivity index (χ2n) is 6.10. The lowest BCUT2D eigenvalue weighted by molar-refractivity contribution is -0.146. The summed E-state index contributed by atoms with van der Waals surface area (Å²) >= 11 is 0. The number of hydrogen-bond donors (Lipinski definition) is 1. The van der Waals surface area contributed by atoms with Crippen LogP contribution in [0.5, 0.6) is 0 Å². The van der Waals surface area contributed by atoms with E-state index in [0.29, 0.717) is 19.1 Å². The van der Waals surface area contributed by atoms with Crippen LogP contribution in [0.3, 0.4) is 0 Å². The summed E-state index contributed by atoms with van der Waals surface area (Å²) in [5.41, 5.74) is 0. The lowest BCUT2D eigenvalue weighted by Crippen LogP contribution is -2.49. The van der Waals surface area contributed by atoms with Gasteiger partial charge in [0.2, 0.25) is 5.91 Å². The van der Waals surface area contributed by atoms with E-state index in [9.17, 15) is 14.7 Å². The Balaban J connectivity index is 2.13. The summed E-state index contributed by atoms with van der Waals surface area (Å²) in [7, 11) is 0. The van der Waals surface area contributed by atoms with Crippen LogP contribution in [-0.4, -0.2) is 47.7 Å². The van der Waals surface area contributed by atoms with Crippen LogP contribution >= 0.6 is 0 Å². The van der Waals surface area contributed by atoms with Crippen LogP contribution in [0.1, 0.15) is 39.5 Å². The largest absolute Gasteiger partial charge is 0.481 e. The van der Waals surface area contributed by atoms with Crippen molar-refractivity contribution < 1.29 is 19.4 Å². The van der Waals surface area contributed by atoms with E-state index in [4.69, 9.17) is 4.74 Å². The van der Waals surface area contributed by atoms with E-state index in [-0.39, 0.29) is 24.5 Å². The first kappa shape index (κ1) is 15.3. The number of ether oxygens (including phenoxy) is 1. The average Bonchev–Trinajstić information content (AvgIpc) is 3.03. The molecule has 2 rings (SSSR count). The molecule has 5 heteroatoms. The zero-order valence-corrected chi connectivity index (χ0v) is 12.4. The summed E-state index contributed by atoms with van der Waals surface area (Å²) in [6, 6.07) is -0.298. The van der Waals surface area contributed by atoms with Crippen LogP contribution in [0.2, 0.25) is 0 Å². The molecule has 0 aromatic carbocycles. The average molecular weight is 283 g/mol. The Labute approximate surface area is 120 Å². The van der Waals surface area contributed by atoms with Gasteiger partial charge in [0, 0.05) is 12.5 Å². The molecule has 4 atom stereocenters. The molecule has 114 valence electrons. The zero-order valence-electron chi connectivity index (χ0n) is 12.4. The van der Waals surface area contributed by atoms with Crippen LogP contribution in [0.15, 0.2) is 0 Å². The Morgan fingerprint density at radius 2 is 2.00 bits per heavy atom. The van der Waals surface area contributed by atoms with E-state index in [1.54, 1.807) is 4.90 Å². The fourth-order valence-electron chi connectivity index (χ4n) is 3.49. The Kier molecular flexibility index (Phi) is 5.02. The maximum Gasteiger partial charge on any atom is 0.311 e. The molecule has 4 unspecified atom stereocenters. The van der Waals surface area contributed by atoms with Crippen molar-refractivity contribution in [3.63, 3.8) is 0 Å². The molecule has 1 aliphatic heterocycles. The van der Waals surface area contributed by atoms with Crippen molar-refractivity contribution in [2.24, 2.45) is 17.8 Å². The molecule has 20 heavy (non-hydrogen) atoms. The lowest BCUT2D eigenvalue weighted by atomic mass is 9.94. The molecular weight excluding hydrogens is 258 g/mol. The predicted octanol–water partition coefficient (Wildman–Crippen LogP) is 1.76. The van der Waals surface area contributed by atoms with E-state index >= 15 is 0 Å². The number of aliphatic carboxylic acids is 1. The topological polar surface area (TPSA) is 66.8 Å². The van der Waals surface area contributed by atoms with Gasteiger partial charge >= 0.3 is 5.97 Å². The van der Waals surface area contributed by atoms with Gasteiger partial charge in [-0.25, -0.2) is 0 Å². The predicted molar refractivity (Wildman–Crippen MR) is 74.2 cm³/mol. The van der Waals surface area contributed by atoms with Crippen LogP contribution < -0.4 is 0 Å². The van der Waals surface area contributed by atoms with Gasteiger partial charge in [-0.2, -0.15) is 0 Å². The highest BCUT2D eigenvalue weighted by molar-refractivity contribution is 5.81. The molecule has 0 radical (unpaired) electrons. The van der Waals surface area contributed by atoms with Gasteiger partial charge in [0.15, 0.2) is 0 Å². The molecule has 0 aromatic heterocycles. The number of carboxylic acid groups (broad SMARTS) is 1. The van der Waals surface area contributed by atoms with Crippen molar-refractivity contribution in [1.29, 1.82) is 0 Å². The maximum absolute atomic E-state index is 12.8.